The van der Waals surface area contributed by atoms with Crippen molar-refractivity contribution in [1.82, 2.24) is 9.97 Å². The zero-order valence-electron chi connectivity index (χ0n) is 10.4. The molecule has 5 heteroatoms. The highest BCUT2D eigenvalue weighted by Crippen LogP contribution is 2.37. The van der Waals surface area contributed by atoms with Crippen LogP contribution in [0.1, 0.15) is 11.3 Å². The van der Waals surface area contributed by atoms with E-state index in [4.69, 9.17) is 14.7 Å². The number of rotatable bonds is 3. The van der Waals surface area contributed by atoms with Gasteiger partial charge in [-0.25, -0.2) is 4.98 Å². The van der Waals surface area contributed by atoms with Crippen LogP contribution in [0.2, 0.25) is 0 Å². The Morgan fingerprint density at radius 1 is 1.28 bits per heavy atom. The average Bonchev–Trinajstić information content (AvgIpc) is 2.86. The maximum Gasteiger partial charge on any atom is 0.166 e. The zero-order chi connectivity index (χ0) is 13.1. The van der Waals surface area contributed by atoms with Gasteiger partial charge in [-0.2, -0.15) is 5.26 Å². The SMILES string of the molecule is COc1ccc(-c2[nH]cnc2C#N)c(OC)c1C. The second kappa shape index (κ2) is 4.80. The van der Waals surface area contributed by atoms with E-state index in [1.54, 1.807) is 14.2 Å². The lowest BCUT2D eigenvalue weighted by atomic mass is 10.0. The number of nitriles is 1. The van der Waals surface area contributed by atoms with Gasteiger partial charge in [-0.05, 0) is 19.1 Å². The van der Waals surface area contributed by atoms with Crippen LogP contribution in [-0.2, 0) is 0 Å². The van der Waals surface area contributed by atoms with Crippen LogP contribution in [0.3, 0.4) is 0 Å². The Morgan fingerprint density at radius 2 is 2.06 bits per heavy atom. The Balaban J connectivity index is 2.66. The van der Waals surface area contributed by atoms with Crippen molar-refractivity contribution in [2.45, 2.75) is 6.92 Å². The largest absolute Gasteiger partial charge is 0.496 e. The molecule has 18 heavy (non-hydrogen) atoms. The van der Waals surface area contributed by atoms with E-state index < -0.39 is 0 Å². The average molecular weight is 243 g/mol. The molecule has 0 unspecified atom stereocenters. The Kier molecular flexibility index (Phi) is 3.20. The first-order valence-electron chi connectivity index (χ1n) is 5.38. The summed E-state index contributed by atoms with van der Waals surface area (Å²) in [7, 11) is 3.20. The molecule has 2 rings (SSSR count). The minimum absolute atomic E-state index is 0.345. The van der Waals surface area contributed by atoms with E-state index >= 15 is 0 Å². The number of imidazole rings is 1. The molecule has 1 aromatic heterocycles. The van der Waals surface area contributed by atoms with Gasteiger partial charge in [-0.3, -0.25) is 0 Å². The van der Waals surface area contributed by atoms with Crippen LogP contribution >= 0.6 is 0 Å². The lowest BCUT2D eigenvalue weighted by molar-refractivity contribution is 0.390. The maximum atomic E-state index is 9.00. The lowest BCUT2D eigenvalue weighted by Gasteiger charge is -2.13. The van der Waals surface area contributed by atoms with Gasteiger partial charge < -0.3 is 14.5 Å². The molecule has 0 aliphatic heterocycles. The third-order valence-corrected chi connectivity index (χ3v) is 2.79. The number of nitrogens with zero attached hydrogens (tertiary/aromatic N) is 2. The molecule has 0 fully saturated rings. The minimum Gasteiger partial charge on any atom is -0.496 e. The van der Waals surface area contributed by atoms with E-state index in [1.165, 1.54) is 6.33 Å². The summed E-state index contributed by atoms with van der Waals surface area (Å²) in [6, 6.07) is 5.73. The lowest BCUT2D eigenvalue weighted by Crippen LogP contribution is -1.96. The van der Waals surface area contributed by atoms with Crippen LogP contribution in [0.5, 0.6) is 11.5 Å². The van der Waals surface area contributed by atoms with Gasteiger partial charge in [0, 0.05) is 11.1 Å². The molecular formula is C13H13N3O2. The second-order valence-corrected chi connectivity index (χ2v) is 3.71. The molecule has 0 saturated carbocycles. The predicted octanol–water partition coefficient (Wildman–Crippen LogP) is 2.27. The van der Waals surface area contributed by atoms with Crippen LogP contribution in [-0.4, -0.2) is 24.2 Å². The smallest absolute Gasteiger partial charge is 0.166 e. The van der Waals surface area contributed by atoms with Crippen LogP contribution in [0.4, 0.5) is 0 Å². The summed E-state index contributed by atoms with van der Waals surface area (Å²) in [5, 5.41) is 9.00. The van der Waals surface area contributed by atoms with Gasteiger partial charge in [0.2, 0.25) is 0 Å². The Morgan fingerprint density at radius 3 is 2.67 bits per heavy atom. The van der Waals surface area contributed by atoms with E-state index in [2.05, 4.69) is 9.97 Å². The van der Waals surface area contributed by atoms with Crippen molar-refractivity contribution in [2.75, 3.05) is 14.2 Å². The van der Waals surface area contributed by atoms with Crippen LogP contribution in [0.15, 0.2) is 18.5 Å². The van der Waals surface area contributed by atoms with Gasteiger partial charge >= 0.3 is 0 Å². The summed E-state index contributed by atoms with van der Waals surface area (Å²) in [5.41, 5.74) is 2.68. The number of nitrogens with one attached hydrogen (secondary N) is 1. The summed E-state index contributed by atoms with van der Waals surface area (Å²) in [5.74, 6) is 1.42. The molecule has 2 aromatic rings. The summed E-state index contributed by atoms with van der Waals surface area (Å²) in [6.07, 6.45) is 1.49. The molecule has 5 nitrogen and oxygen atoms in total. The molecule has 0 saturated heterocycles. The number of ether oxygens (including phenoxy) is 2. The predicted molar refractivity (Wildman–Crippen MR) is 66.6 cm³/mol. The molecule has 1 heterocycles. The topological polar surface area (TPSA) is 70.9 Å². The summed E-state index contributed by atoms with van der Waals surface area (Å²) in [6.45, 7) is 1.91. The molecule has 0 spiro atoms. The van der Waals surface area contributed by atoms with Gasteiger partial charge in [0.1, 0.15) is 17.6 Å². The van der Waals surface area contributed by atoms with Crippen molar-refractivity contribution in [3.05, 3.63) is 29.7 Å². The van der Waals surface area contributed by atoms with Gasteiger partial charge in [0.05, 0.1) is 26.2 Å². The van der Waals surface area contributed by atoms with Gasteiger partial charge in [0.25, 0.3) is 0 Å². The fraction of sp³-hybridized carbons (Fsp3) is 0.231. The number of hydrogen-bond donors (Lipinski definition) is 1. The van der Waals surface area contributed by atoms with E-state index in [0.29, 0.717) is 17.1 Å². The van der Waals surface area contributed by atoms with E-state index in [-0.39, 0.29) is 0 Å². The number of aromatic nitrogens is 2. The second-order valence-electron chi connectivity index (χ2n) is 3.71. The summed E-state index contributed by atoms with van der Waals surface area (Å²) >= 11 is 0. The Bertz CT molecular complexity index is 611. The van der Waals surface area contributed by atoms with Crippen molar-refractivity contribution in [3.8, 4) is 28.8 Å². The molecule has 0 aliphatic rings. The van der Waals surface area contributed by atoms with Gasteiger partial charge in [-0.15, -0.1) is 0 Å². The fourth-order valence-electron chi connectivity index (χ4n) is 1.94. The Hall–Kier alpha value is -2.48. The molecule has 1 aromatic carbocycles. The molecule has 0 atom stereocenters. The quantitative estimate of drug-likeness (QED) is 0.897. The van der Waals surface area contributed by atoms with Crippen molar-refractivity contribution < 1.29 is 9.47 Å². The number of aromatic amines is 1. The van der Waals surface area contributed by atoms with Gasteiger partial charge in [-0.1, -0.05) is 0 Å². The van der Waals surface area contributed by atoms with E-state index in [1.807, 2.05) is 25.1 Å². The summed E-state index contributed by atoms with van der Waals surface area (Å²) < 4.78 is 10.7. The monoisotopic (exact) mass is 243 g/mol. The molecule has 92 valence electrons. The highest BCUT2D eigenvalue weighted by molar-refractivity contribution is 5.74. The third-order valence-electron chi connectivity index (χ3n) is 2.79. The van der Waals surface area contributed by atoms with Crippen LogP contribution in [0.25, 0.3) is 11.3 Å². The third kappa shape index (κ3) is 1.78. The molecule has 0 bridgehead atoms. The highest BCUT2D eigenvalue weighted by atomic mass is 16.5. The number of hydrogen-bond acceptors (Lipinski definition) is 4. The first-order valence-corrected chi connectivity index (χ1v) is 5.38. The zero-order valence-corrected chi connectivity index (χ0v) is 10.4. The fourth-order valence-corrected chi connectivity index (χ4v) is 1.94. The van der Waals surface area contributed by atoms with Crippen molar-refractivity contribution in [2.24, 2.45) is 0 Å². The normalized spacial score (nSPS) is 9.89. The standard InChI is InChI=1S/C13H13N3O2/c1-8-11(17-2)5-4-9(13(8)18-3)12-10(6-14)15-7-16-12/h4-5,7H,1-3H3,(H,15,16). The first kappa shape index (κ1) is 12.0. The van der Waals surface area contributed by atoms with Gasteiger partial charge in [0.15, 0.2) is 5.69 Å². The van der Waals surface area contributed by atoms with E-state index in [9.17, 15) is 0 Å². The molecule has 0 aliphatic carbocycles. The van der Waals surface area contributed by atoms with Crippen molar-refractivity contribution in [1.29, 1.82) is 5.26 Å². The molecule has 1 N–H and O–H groups in total. The Labute approximate surface area is 105 Å². The number of H-pyrrole nitrogens is 1. The molecule has 0 amide bonds. The number of methoxy groups -OCH3 is 2. The first-order chi connectivity index (χ1) is 8.72. The van der Waals surface area contributed by atoms with E-state index in [0.717, 1.165) is 16.9 Å². The van der Waals surface area contributed by atoms with Crippen LogP contribution in [0, 0.1) is 18.3 Å². The summed E-state index contributed by atoms with van der Waals surface area (Å²) in [4.78, 5) is 6.91. The molecular weight excluding hydrogens is 230 g/mol. The minimum atomic E-state index is 0.345. The van der Waals surface area contributed by atoms with Crippen LogP contribution < -0.4 is 9.47 Å². The van der Waals surface area contributed by atoms with Crippen molar-refractivity contribution >= 4 is 0 Å². The van der Waals surface area contributed by atoms with Crippen molar-refractivity contribution in [3.63, 3.8) is 0 Å². The molecule has 0 radical (unpaired) electrons. The maximum absolute atomic E-state index is 9.00. The number of benzene rings is 1. The highest BCUT2D eigenvalue weighted by Gasteiger charge is 2.16.